The highest BCUT2D eigenvalue weighted by molar-refractivity contribution is 5.25. The van der Waals surface area contributed by atoms with Gasteiger partial charge in [0, 0.05) is 6.04 Å². The van der Waals surface area contributed by atoms with Gasteiger partial charge in [-0.25, -0.2) is 0 Å². The summed E-state index contributed by atoms with van der Waals surface area (Å²) in [5.74, 6) is 0. The Morgan fingerprint density at radius 1 is 0.895 bits per heavy atom. The van der Waals surface area contributed by atoms with Gasteiger partial charge in [-0.2, -0.15) is 0 Å². The fourth-order valence-corrected chi connectivity index (χ4v) is 2.53. The summed E-state index contributed by atoms with van der Waals surface area (Å²) in [7, 11) is 0. The van der Waals surface area contributed by atoms with Crippen molar-refractivity contribution in [3.05, 3.63) is 35.4 Å². The summed E-state index contributed by atoms with van der Waals surface area (Å²) in [6, 6.07) is 9.82. The van der Waals surface area contributed by atoms with Gasteiger partial charge in [0.25, 0.3) is 0 Å². The molecular weight excluding hydrogens is 230 g/mol. The lowest BCUT2D eigenvalue weighted by Crippen LogP contribution is -2.20. The second-order valence-corrected chi connectivity index (χ2v) is 5.45. The van der Waals surface area contributed by atoms with Crippen molar-refractivity contribution >= 4 is 0 Å². The minimum absolute atomic E-state index is 0.539. The molecular formula is C18H31N. The van der Waals surface area contributed by atoms with Gasteiger partial charge in [-0.3, -0.25) is 0 Å². The van der Waals surface area contributed by atoms with Gasteiger partial charge in [-0.15, -0.1) is 0 Å². The first-order chi connectivity index (χ1) is 9.31. The smallest absolute Gasteiger partial charge is 0.0320 e. The molecule has 1 nitrogen and oxygen atoms in total. The van der Waals surface area contributed by atoms with Crippen molar-refractivity contribution in [1.82, 2.24) is 5.32 Å². The molecule has 0 radical (unpaired) electrons. The summed E-state index contributed by atoms with van der Waals surface area (Å²) in [6.45, 7) is 7.77. The molecule has 0 aliphatic carbocycles. The molecule has 0 aromatic heterocycles. The van der Waals surface area contributed by atoms with Gasteiger partial charge in [0.2, 0.25) is 0 Å². The molecule has 108 valence electrons. The molecule has 0 bridgehead atoms. The van der Waals surface area contributed by atoms with Crippen LogP contribution in [0.3, 0.4) is 0 Å². The van der Waals surface area contributed by atoms with E-state index >= 15 is 0 Å². The van der Waals surface area contributed by atoms with Gasteiger partial charge in [-0.05, 0) is 36.9 Å². The van der Waals surface area contributed by atoms with E-state index in [0.29, 0.717) is 6.04 Å². The van der Waals surface area contributed by atoms with E-state index in [-0.39, 0.29) is 0 Å². The molecule has 0 heterocycles. The molecule has 19 heavy (non-hydrogen) atoms. The lowest BCUT2D eigenvalue weighted by molar-refractivity contribution is 0.486. The summed E-state index contributed by atoms with van der Waals surface area (Å²) in [4.78, 5) is 0. The molecule has 1 heteroatoms. The van der Waals surface area contributed by atoms with Crippen molar-refractivity contribution in [3.63, 3.8) is 0 Å². The van der Waals surface area contributed by atoms with Crippen LogP contribution in [-0.4, -0.2) is 6.54 Å². The molecule has 1 rings (SSSR count). The highest BCUT2D eigenvalue weighted by Gasteiger charge is 2.09. The van der Waals surface area contributed by atoms with Crippen LogP contribution in [0.25, 0.3) is 0 Å². The normalized spacial score (nSPS) is 12.6. The summed E-state index contributed by atoms with van der Waals surface area (Å²) >= 11 is 0. The van der Waals surface area contributed by atoms with Crippen LogP contribution in [0.5, 0.6) is 0 Å². The Balaban J connectivity index is 2.57. The highest BCUT2D eigenvalue weighted by atomic mass is 14.9. The largest absolute Gasteiger partial charge is 0.310 e. The first-order valence-corrected chi connectivity index (χ1v) is 8.14. The van der Waals surface area contributed by atoms with Crippen molar-refractivity contribution in [3.8, 4) is 0 Å². The lowest BCUT2D eigenvalue weighted by Gasteiger charge is -2.18. The van der Waals surface area contributed by atoms with E-state index in [9.17, 15) is 0 Å². The fourth-order valence-electron chi connectivity index (χ4n) is 2.53. The maximum Gasteiger partial charge on any atom is 0.0320 e. The molecule has 0 saturated carbocycles. The average Bonchev–Trinajstić information content (AvgIpc) is 2.45. The Morgan fingerprint density at radius 3 is 2.16 bits per heavy atom. The summed E-state index contributed by atoms with van der Waals surface area (Å²) in [5.41, 5.74) is 2.94. The number of aryl methyl sites for hydroxylation is 1. The molecule has 0 aliphatic heterocycles. The van der Waals surface area contributed by atoms with Gasteiger partial charge < -0.3 is 5.32 Å². The van der Waals surface area contributed by atoms with Crippen LogP contribution >= 0.6 is 0 Å². The van der Waals surface area contributed by atoms with E-state index in [1.54, 1.807) is 0 Å². The van der Waals surface area contributed by atoms with E-state index in [0.717, 1.165) is 6.54 Å². The third kappa shape index (κ3) is 6.24. The van der Waals surface area contributed by atoms with E-state index in [1.165, 1.54) is 56.1 Å². The molecule has 0 amide bonds. The molecule has 0 aliphatic rings. The number of rotatable bonds is 10. The maximum atomic E-state index is 3.62. The lowest BCUT2D eigenvalue weighted by atomic mass is 9.98. The molecule has 1 aromatic carbocycles. The van der Waals surface area contributed by atoms with E-state index in [2.05, 4.69) is 50.4 Å². The van der Waals surface area contributed by atoms with E-state index < -0.39 is 0 Å². The standard InChI is InChI=1S/C18H31N/c1-4-7-9-11-18(19-6-3)17-14-12-16(13-15-17)10-8-5-2/h12-15,18-19H,4-11H2,1-3H3. The van der Waals surface area contributed by atoms with Gasteiger partial charge in [0.15, 0.2) is 0 Å². The van der Waals surface area contributed by atoms with Crippen molar-refractivity contribution < 1.29 is 0 Å². The maximum absolute atomic E-state index is 3.62. The number of benzene rings is 1. The number of nitrogens with one attached hydrogen (secondary N) is 1. The second kappa shape index (κ2) is 10.0. The Hall–Kier alpha value is -0.820. The minimum atomic E-state index is 0.539. The van der Waals surface area contributed by atoms with Crippen LogP contribution in [-0.2, 0) is 6.42 Å². The van der Waals surface area contributed by atoms with Gasteiger partial charge in [0.1, 0.15) is 0 Å². The monoisotopic (exact) mass is 261 g/mol. The first-order valence-electron chi connectivity index (χ1n) is 8.14. The number of hydrogen-bond donors (Lipinski definition) is 1. The number of unbranched alkanes of at least 4 members (excludes halogenated alkanes) is 3. The molecule has 0 saturated heterocycles. The zero-order chi connectivity index (χ0) is 13.9. The fraction of sp³-hybridized carbons (Fsp3) is 0.667. The SMILES string of the molecule is CCCCCC(NCC)c1ccc(CCCC)cc1. The zero-order valence-electron chi connectivity index (χ0n) is 13.0. The third-order valence-corrected chi connectivity index (χ3v) is 3.75. The van der Waals surface area contributed by atoms with Crippen LogP contribution < -0.4 is 5.32 Å². The minimum Gasteiger partial charge on any atom is -0.310 e. The van der Waals surface area contributed by atoms with Crippen LogP contribution in [0.15, 0.2) is 24.3 Å². The van der Waals surface area contributed by atoms with Crippen LogP contribution in [0.4, 0.5) is 0 Å². The summed E-state index contributed by atoms with van der Waals surface area (Å²) < 4.78 is 0. The van der Waals surface area contributed by atoms with Gasteiger partial charge in [-0.1, -0.05) is 70.7 Å². The molecule has 0 fully saturated rings. The van der Waals surface area contributed by atoms with Gasteiger partial charge >= 0.3 is 0 Å². The molecule has 1 aromatic rings. The molecule has 0 spiro atoms. The van der Waals surface area contributed by atoms with Gasteiger partial charge in [0.05, 0.1) is 0 Å². The Labute approximate surface area is 119 Å². The quantitative estimate of drug-likeness (QED) is 0.566. The predicted molar refractivity (Wildman–Crippen MR) is 85.6 cm³/mol. The molecule has 1 unspecified atom stereocenters. The average molecular weight is 261 g/mol. The topological polar surface area (TPSA) is 12.0 Å². The Morgan fingerprint density at radius 2 is 1.58 bits per heavy atom. The third-order valence-electron chi connectivity index (χ3n) is 3.75. The van der Waals surface area contributed by atoms with Crippen molar-refractivity contribution in [2.45, 2.75) is 71.8 Å². The summed E-state index contributed by atoms with van der Waals surface area (Å²) in [6.07, 6.45) is 9.02. The second-order valence-electron chi connectivity index (χ2n) is 5.45. The Kier molecular flexibility index (Phi) is 8.57. The molecule has 1 atom stereocenters. The summed E-state index contributed by atoms with van der Waals surface area (Å²) in [5, 5.41) is 3.62. The zero-order valence-corrected chi connectivity index (χ0v) is 13.0. The van der Waals surface area contributed by atoms with Crippen LogP contribution in [0.1, 0.15) is 76.5 Å². The van der Waals surface area contributed by atoms with Crippen molar-refractivity contribution in [1.29, 1.82) is 0 Å². The number of hydrogen-bond acceptors (Lipinski definition) is 1. The van der Waals surface area contributed by atoms with Crippen LogP contribution in [0, 0.1) is 0 Å². The molecule has 1 N–H and O–H groups in total. The van der Waals surface area contributed by atoms with Crippen molar-refractivity contribution in [2.24, 2.45) is 0 Å². The Bertz CT molecular complexity index is 315. The van der Waals surface area contributed by atoms with E-state index in [4.69, 9.17) is 0 Å². The van der Waals surface area contributed by atoms with Crippen LogP contribution in [0.2, 0.25) is 0 Å². The predicted octanol–water partition coefficient (Wildman–Crippen LogP) is 5.26. The van der Waals surface area contributed by atoms with E-state index in [1.807, 2.05) is 0 Å². The first kappa shape index (κ1) is 16.2. The highest BCUT2D eigenvalue weighted by Crippen LogP contribution is 2.21. The van der Waals surface area contributed by atoms with Crippen molar-refractivity contribution in [2.75, 3.05) is 6.54 Å².